The van der Waals surface area contributed by atoms with E-state index in [1.54, 1.807) is 4.57 Å². The van der Waals surface area contributed by atoms with E-state index in [9.17, 15) is 4.79 Å². The first kappa shape index (κ1) is 12.8. The van der Waals surface area contributed by atoms with Crippen molar-refractivity contribution in [1.29, 1.82) is 0 Å². The summed E-state index contributed by atoms with van der Waals surface area (Å²) in [5.41, 5.74) is 8.75. The van der Waals surface area contributed by atoms with Gasteiger partial charge in [0.1, 0.15) is 0 Å². The van der Waals surface area contributed by atoms with Gasteiger partial charge >= 0.3 is 5.69 Å². The van der Waals surface area contributed by atoms with E-state index in [1.165, 1.54) is 11.8 Å². The largest absolute Gasteiger partial charge is 0.399 e. The third-order valence-corrected chi connectivity index (χ3v) is 3.91. The van der Waals surface area contributed by atoms with Crippen molar-refractivity contribution in [2.45, 2.75) is 31.3 Å². The lowest BCUT2D eigenvalue weighted by molar-refractivity contribution is 0.660. The maximum Gasteiger partial charge on any atom is 0.343 e. The molecular formula is C12H16N4OS. The molecule has 96 valence electrons. The molecule has 0 aliphatic carbocycles. The van der Waals surface area contributed by atoms with Gasteiger partial charge in [0.2, 0.25) is 0 Å². The average molecular weight is 264 g/mol. The number of nitrogens with one attached hydrogen (secondary N) is 1. The molecule has 2 rings (SSSR count). The van der Waals surface area contributed by atoms with Gasteiger partial charge in [0, 0.05) is 18.0 Å². The summed E-state index contributed by atoms with van der Waals surface area (Å²) in [5, 5.41) is 7.19. The zero-order chi connectivity index (χ0) is 13.1. The zero-order valence-corrected chi connectivity index (χ0v) is 11.3. The molecule has 0 atom stereocenters. The maximum absolute atomic E-state index is 11.4. The summed E-state index contributed by atoms with van der Waals surface area (Å²) in [6.45, 7) is 4.54. The van der Waals surface area contributed by atoms with Gasteiger partial charge in [-0.25, -0.2) is 9.89 Å². The fourth-order valence-electron chi connectivity index (χ4n) is 1.69. The molecule has 0 bridgehead atoms. The summed E-state index contributed by atoms with van der Waals surface area (Å²) >= 11 is 1.53. The van der Waals surface area contributed by atoms with Gasteiger partial charge in [-0.05, 0) is 31.0 Å². The number of aromatic nitrogens is 3. The Labute approximate surface area is 109 Å². The second-order valence-corrected chi connectivity index (χ2v) is 4.92. The third-order valence-electron chi connectivity index (χ3n) is 2.88. The molecule has 0 aliphatic rings. The average Bonchev–Trinajstić information content (AvgIpc) is 2.72. The number of hydrogen-bond acceptors (Lipinski definition) is 4. The topological polar surface area (TPSA) is 76.7 Å². The van der Waals surface area contributed by atoms with Gasteiger partial charge in [0.15, 0.2) is 5.16 Å². The molecule has 2 aromatic rings. The molecule has 0 amide bonds. The number of nitrogens with zero attached hydrogens (tertiary/aromatic N) is 2. The van der Waals surface area contributed by atoms with Crippen molar-refractivity contribution in [3.63, 3.8) is 0 Å². The van der Waals surface area contributed by atoms with E-state index in [2.05, 4.69) is 10.2 Å². The molecule has 0 saturated carbocycles. The van der Waals surface area contributed by atoms with Gasteiger partial charge in [-0.2, -0.15) is 0 Å². The fourth-order valence-corrected chi connectivity index (χ4v) is 2.77. The SMILES string of the molecule is CCn1c(SCc2cccc(N)c2C)n[nH]c1=O. The van der Waals surface area contributed by atoms with Crippen molar-refractivity contribution in [3.8, 4) is 0 Å². The number of thioether (sulfide) groups is 1. The van der Waals surface area contributed by atoms with Crippen LogP contribution >= 0.6 is 11.8 Å². The molecule has 0 spiro atoms. The Morgan fingerprint density at radius 3 is 3.00 bits per heavy atom. The quantitative estimate of drug-likeness (QED) is 0.652. The predicted molar refractivity (Wildman–Crippen MR) is 73.7 cm³/mol. The van der Waals surface area contributed by atoms with Gasteiger partial charge in [0.25, 0.3) is 0 Å². The van der Waals surface area contributed by atoms with E-state index >= 15 is 0 Å². The highest BCUT2D eigenvalue weighted by atomic mass is 32.2. The predicted octanol–water partition coefficient (Wildman–Crippen LogP) is 1.77. The molecular weight excluding hydrogens is 248 g/mol. The number of anilines is 1. The zero-order valence-electron chi connectivity index (χ0n) is 10.4. The second kappa shape index (κ2) is 5.30. The van der Waals surface area contributed by atoms with Crippen LogP contribution in [0.4, 0.5) is 5.69 Å². The number of hydrogen-bond donors (Lipinski definition) is 2. The highest BCUT2D eigenvalue weighted by molar-refractivity contribution is 7.98. The van der Waals surface area contributed by atoms with E-state index in [0.29, 0.717) is 11.7 Å². The van der Waals surface area contributed by atoms with Crippen molar-refractivity contribution in [2.24, 2.45) is 0 Å². The Morgan fingerprint density at radius 1 is 1.50 bits per heavy atom. The number of nitrogen functional groups attached to an aromatic ring is 1. The van der Waals surface area contributed by atoms with Crippen LogP contribution in [-0.4, -0.2) is 14.8 Å². The third kappa shape index (κ3) is 2.43. The lowest BCUT2D eigenvalue weighted by Crippen LogP contribution is -2.16. The molecule has 1 aromatic carbocycles. The first-order valence-electron chi connectivity index (χ1n) is 5.75. The summed E-state index contributed by atoms with van der Waals surface area (Å²) in [7, 11) is 0. The summed E-state index contributed by atoms with van der Waals surface area (Å²) in [6, 6.07) is 5.87. The van der Waals surface area contributed by atoms with Crippen LogP contribution in [0, 0.1) is 6.92 Å². The second-order valence-electron chi connectivity index (χ2n) is 3.98. The first-order valence-corrected chi connectivity index (χ1v) is 6.74. The van der Waals surface area contributed by atoms with Crippen LogP contribution in [0.1, 0.15) is 18.1 Å². The van der Waals surface area contributed by atoms with Gasteiger partial charge in [-0.3, -0.25) is 4.57 Å². The highest BCUT2D eigenvalue weighted by Crippen LogP contribution is 2.24. The van der Waals surface area contributed by atoms with Crippen molar-refractivity contribution < 1.29 is 0 Å². The molecule has 3 N–H and O–H groups in total. The Morgan fingerprint density at radius 2 is 2.28 bits per heavy atom. The Kier molecular flexibility index (Phi) is 3.76. The van der Waals surface area contributed by atoms with Crippen LogP contribution in [0.15, 0.2) is 28.2 Å². The number of rotatable bonds is 4. The van der Waals surface area contributed by atoms with Crippen molar-refractivity contribution >= 4 is 17.4 Å². The summed E-state index contributed by atoms with van der Waals surface area (Å²) < 4.78 is 1.62. The monoisotopic (exact) mass is 264 g/mol. The van der Waals surface area contributed by atoms with E-state index in [0.717, 1.165) is 22.6 Å². The summed E-state index contributed by atoms with van der Waals surface area (Å²) in [5.74, 6) is 0.751. The molecule has 1 heterocycles. The van der Waals surface area contributed by atoms with Gasteiger partial charge in [-0.1, -0.05) is 23.9 Å². The van der Waals surface area contributed by atoms with E-state index in [1.807, 2.05) is 32.0 Å². The molecule has 0 radical (unpaired) electrons. The van der Waals surface area contributed by atoms with Gasteiger partial charge in [0.05, 0.1) is 0 Å². The van der Waals surface area contributed by atoms with Crippen LogP contribution in [0.5, 0.6) is 0 Å². The molecule has 1 aromatic heterocycles. The van der Waals surface area contributed by atoms with Crippen molar-refractivity contribution in [3.05, 3.63) is 39.8 Å². The Balaban J connectivity index is 2.16. The molecule has 5 nitrogen and oxygen atoms in total. The lowest BCUT2D eigenvalue weighted by Gasteiger charge is -2.07. The standard InChI is InChI=1S/C12H16N4OS/c1-3-16-11(17)14-15-12(16)18-7-9-5-4-6-10(13)8(9)2/h4-6H,3,7,13H2,1-2H3,(H,14,17). The molecule has 6 heteroatoms. The molecule has 0 unspecified atom stereocenters. The van der Waals surface area contributed by atoms with Crippen LogP contribution in [0.3, 0.4) is 0 Å². The molecule has 0 saturated heterocycles. The van der Waals surface area contributed by atoms with Crippen molar-refractivity contribution in [2.75, 3.05) is 5.73 Å². The van der Waals surface area contributed by atoms with E-state index in [-0.39, 0.29) is 5.69 Å². The minimum atomic E-state index is -0.163. The molecule has 0 fully saturated rings. The number of benzene rings is 1. The fraction of sp³-hybridized carbons (Fsp3) is 0.333. The molecule has 0 aliphatic heterocycles. The first-order chi connectivity index (χ1) is 8.63. The number of H-pyrrole nitrogens is 1. The maximum atomic E-state index is 11.4. The van der Waals surface area contributed by atoms with E-state index < -0.39 is 0 Å². The highest BCUT2D eigenvalue weighted by Gasteiger charge is 2.08. The van der Waals surface area contributed by atoms with Crippen LogP contribution in [0.25, 0.3) is 0 Å². The number of aromatic amines is 1. The Bertz CT molecular complexity index is 602. The minimum Gasteiger partial charge on any atom is -0.399 e. The van der Waals surface area contributed by atoms with Gasteiger partial charge < -0.3 is 5.73 Å². The smallest absolute Gasteiger partial charge is 0.343 e. The van der Waals surface area contributed by atoms with E-state index in [4.69, 9.17) is 5.73 Å². The minimum absolute atomic E-state index is 0.163. The summed E-state index contributed by atoms with van der Waals surface area (Å²) in [6.07, 6.45) is 0. The summed E-state index contributed by atoms with van der Waals surface area (Å²) in [4.78, 5) is 11.4. The van der Waals surface area contributed by atoms with Gasteiger partial charge in [-0.15, -0.1) is 5.10 Å². The van der Waals surface area contributed by atoms with Crippen LogP contribution in [0.2, 0.25) is 0 Å². The number of nitrogens with two attached hydrogens (primary N) is 1. The van der Waals surface area contributed by atoms with Crippen LogP contribution in [-0.2, 0) is 12.3 Å². The normalized spacial score (nSPS) is 10.8. The van der Waals surface area contributed by atoms with Crippen molar-refractivity contribution in [1.82, 2.24) is 14.8 Å². The van der Waals surface area contributed by atoms with Crippen LogP contribution < -0.4 is 11.4 Å². The molecule has 18 heavy (non-hydrogen) atoms. The Hall–Kier alpha value is -1.69. The lowest BCUT2D eigenvalue weighted by atomic mass is 10.1.